The third kappa shape index (κ3) is 2.20. The van der Waals surface area contributed by atoms with E-state index in [1.165, 1.54) is 0 Å². The van der Waals surface area contributed by atoms with E-state index < -0.39 is 0 Å². The first-order chi connectivity index (χ1) is 8.11. The Morgan fingerprint density at radius 2 is 1.94 bits per heavy atom. The summed E-state index contributed by atoms with van der Waals surface area (Å²) in [6, 6.07) is 7.75. The third-order valence-electron chi connectivity index (χ3n) is 2.64. The number of aromatic nitrogens is 2. The molecule has 0 radical (unpaired) electrons. The second-order valence-corrected chi connectivity index (χ2v) is 3.86. The van der Waals surface area contributed by atoms with Gasteiger partial charge in [0.2, 0.25) is 0 Å². The number of nitrogen functional groups attached to an aromatic ring is 1. The number of methoxy groups -OCH3 is 1. The van der Waals surface area contributed by atoms with Crippen LogP contribution < -0.4 is 10.5 Å². The van der Waals surface area contributed by atoms with Crippen LogP contribution >= 0.6 is 0 Å². The van der Waals surface area contributed by atoms with Crippen molar-refractivity contribution in [3.8, 4) is 17.0 Å². The lowest BCUT2D eigenvalue weighted by Gasteiger charge is -2.09. The molecule has 2 aromatic rings. The Bertz CT molecular complexity index is 552. The van der Waals surface area contributed by atoms with E-state index in [1.807, 2.05) is 38.1 Å². The summed E-state index contributed by atoms with van der Waals surface area (Å²) in [5.74, 6) is 2.00. The zero-order chi connectivity index (χ0) is 12.4. The highest BCUT2D eigenvalue weighted by Crippen LogP contribution is 2.26. The first-order valence-corrected chi connectivity index (χ1v) is 5.37. The molecule has 0 fully saturated rings. The average molecular weight is 229 g/mol. The lowest BCUT2D eigenvalue weighted by Crippen LogP contribution is -2.02. The Balaban J connectivity index is 2.59. The van der Waals surface area contributed by atoms with Crippen LogP contribution in [0.5, 0.6) is 5.75 Å². The first kappa shape index (κ1) is 11.4. The molecule has 0 amide bonds. The van der Waals surface area contributed by atoms with Crippen LogP contribution in [-0.4, -0.2) is 17.1 Å². The molecule has 0 unspecified atom stereocenters. The minimum atomic E-state index is 0.523. The largest absolute Gasteiger partial charge is 0.497 e. The van der Waals surface area contributed by atoms with Gasteiger partial charge in [-0.3, -0.25) is 0 Å². The molecule has 0 aliphatic heterocycles. The van der Waals surface area contributed by atoms with Crippen LogP contribution in [0, 0.1) is 13.8 Å². The highest BCUT2D eigenvalue weighted by molar-refractivity contribution is 5.68. The molecule has 1 aromatic carbocycles. The maximum atomic E-state index is 5.85. The Hall–Kier alpha value is -2.10. The summed E-state index contributed by atoms with van der Waals surface area (Å²) in [6.45, 7) is 3.75. The minimum absolute atomic E-state index is 0.523. The van der Waals surface area contributed by atoms with Gasteiger partial charge in [-0.1, -0.05) is 12.1 Å². The summed E-state index contributed by atoms with van der Waals surface area (Å²) >= 11 is 0. The number of hydrogen-bond donors (Lipinski definition) is 1. The maximum absolute atomic E-state index is 5.85. The van der Waals surface area contributed by atoms with Crippen molar-refractivity contribution in [2.24, 2.45) is 0 Å². The summed E-state index contributed by atoms with van der Waals surface area (Å²) in [5.41, 5.74) is 8.58. The Kier molecular flexibility index (Phi) is 2.95. The zero-order valence-corrected chi connectivity index (χ0v) is 10.2. The van der Waals surface area contributed by atoms with E-state index >= 15 is 0 Å². The summed E-state index contributed by atoms with van der Waals surface area (Å²) < 4.78 is 5.20. The van der Waals surface area contributed by atoms with Crippen LogP contribution in [-0.2, 0) is 0 Å². The number of nitrogens with two attached hydrogens (primary N) is 1. The van der Waals surface area contributed by atoms with E-state index in [0.717, 1.165) is 22.6 Å². The fourth-order valence-corrected chi connectivity index (χ4v) is 1.70. The van der Waals surface area contributed by atoms with Gasteiger partial charge in [0.1, 0.15) is 17.4 Å². The van der Waals surface area contributed by atoms with Gasteiger partial charge in [-0.15, -0.1) is 0 Å². The zero-order valence-electron chi connectivity index (χ0n) is 10.2. The van der Waals surface area contributed by atoms with Crippen LogP contribution in [0.15, 0.2) is 24.3 Å². The van der Waals surface area contributed by atoms with E-state index in [-0.39, 0.29) is 0 Å². The molecule has 0 saturated heterocycles. The first-order valence-electron chi connectivity index (χ1n) is 5.37. The van der Waals surface area contributed by atoms with Crippen LogP contribution in [0.25, 0.3) is 11.3 Å². The fourth-order valence-electron chi connectivity index (χ4n) is 1.70. The molecule has 2 N–H and O–H groups in total. The predicted molar refractivity (Wildman–Crippen MR) is 67.9 cm³/mol. The molecule has 0 saturated carbocycles. The van der Waals surface area contributed by atoms with Crippen LogP contribution in [0.2, 0.25) is 0 Å². The molecule has 0 bridgehead atoms. The molecule has 4 nitrogen and oxygen atoms in total. The molecular formula is C13H15N3O. The summed E-state index contributed by atoms with van der Waals surface area (Å²) in [4.78, 5) is 8.57. The number of hydrogen-bond acceptors (Lipinski definition) is 4. The number of ether oxygens (including phenoxy) is 1. The Morgan fingerprint density at radius 3 is 2.65 bits per heavy atom. The maximum Gasteiger partial charge on any atom is 0.130 e. The van der Waals surface area contributed by atoms with Gasteiger partial charge < -0.3 is 10.5 Å². The molecule has 88 valence electrons. The number of nitrogens with zero attached hydrogens (tertiary/aromatic N) is 2. The molecule has 0 aliphatic carbocycles. The van der Waals surface area contributed by atoms with E-state index in [4.69, 9.17) is 10.5 Å². The SMILES string of the molecule is COc1cccc(-c2nc(C)nc(N)c2C)c1. The quantitative estimate of drug-likeness (QED) is 0.858. The van der Waals surface area contributed by atoms with Crippen LogP contribution in [0.4, 0.5) is 5.82 Å². The van der Waals surface area contributed by atoms with Gasteiger partial charge in [-0.25, -0.2) is 9.97 Å². The normalized spacial score (nSPS) is 10.3. The summed E-state index contributed by atoms with van der Waals surface area (Å²) in [7, 11) is 1.64. The molecule has 0 aliphatic rings. The molecule has 0 spiro atoms. The Labute approximate surface area is 100 Å². The van der Waals surface area contributed by atoms with Crippen molar-refractivity contribution < 1.29 is 4.74 Å². The van der Waals surface area contributed by atoms with Crippen molar-refractivity contribution in [1.29, 1.82) is 0 Å². The standard InChI is InChI=1S/C13H15N3O/c1-8-12(15-9(2)16-13(8)14)10-5-4-6-11(7-10)17-3/h4-7H,1-3H3,(H2,14,15,16). The molecular weight excluding hydrogens is 214 g/mol. The molecule has 2 rings (SSSR count). The topological polar surface area (TPSA) is 61.0 Å². The van der Waals surface area contributed by atoms with Crippen molar-refractivity contribution in [2.45, 2.75) is 13.8 Å². The highest BCUT2D eigenvalue weighted by Gasteiger charge is 2.09. The number of rotatable bonds is 2. The minimum Gasteiger partial charge on any atom is -0.497 e. The lowest BCUT2D eigenvalue weighted by molar-refractivity contribution is 0.415. The van der Waals surface area contributed by atoms with Gasteiger partial charge in [-0.2, -0.15) is 0 Å². The number of anilines is 1. The molecule has 0 atom stereocenters. The van der Waals surface area contributed by atoms with Crippen molar-refractivity contribution in [3.63, 3.8) is 0 Å². The van der Waals surface area contributed by atoms with E-state index in [2.05, 4.69) is 9.97 Å². The Morgan fingerprint density at radius 1 is 1.18 bits per heavy atom. The molecule has 17 heavy (non-hydrogen) atoms. The second kappa shape index (κ2) is 4.41. The van der Waals surface area contributed by atoms with Crippen molar-refractivity contribution in [3.05, 3.63) is 35.7 Å². The van der Waals surface area contributed by atoms with Crippen molar-refractivity contribution in [1.82, 2.24) is 9.97 Å². The molecule has 1 aromatic heterocycles. The van der Waals surface area contributed by atoms with Gasteiger partial charge in [-0.05, 0) is 26.0 Å². The van der Waals surface area contributed by atoms with E-state index in [9.17, 15) is 0 Å². The number of benzene rings is 1. The van der Waals surface area contributed by atoms with Gasteiger partial charge in [0.15, 0.2) is 0 Å². The van der Waals surface area contributed by atoms with Crippen molar-refractivity contribution in [2.75, 3.05) is 12.8 Å². The average Bonchev–Trinajstić information content (AvgIpc) is 2.34. The highest BCUT2D eigenvalue weighted by atomic mass is 16.5. The summed E-state index contributed by atoms with van der Waals surface area (Å²) in [6.07, 6.45) is 0. The van der Waals surface area contributed by atoms with Gasteiger partial charge in [0.25, 0.3) is 0 Å². The fraction of sp³-hybridized carbons (Fsp3) is 0.231. The van der Waals surface area contributed by atoms with Crippen LogP contribution in [0.1, 0.15) is 11.4 Å². The molecule has 1 heterocycles. The van der Waals surface area contributed by atoms with Crippen molar-refractivity contribution >= 4 is 5.82 Å². The van der Waals surface area contributed by atoms with Crippen LogP contribution in [0.3, 0.4) is 0 Å². The second-order valence-electron chi connectivity index (χ2n) is 3.86. The molecule has 4 heteroatoms. The van der Waals surface area contributed by atoms with Gasteiger partial charge >= 0.3 is 0 Å². The van der Waals surface area contributed by atoms with E-state index in [0.29, 0.717) is 11.6 Å². The summed E-state index contributed by atoms with van der Waals surface area (Å²) in [5, 5.41) is 0. The van der Waals surface area contributed by atoms with Gasteiger partial charge in [0.05, 0.1) is 12.8 Å². The predicted octanol–water partition coefficient (Wildman–Crippen LogP) is 2.35. The monoisotopic (exact) mass is 229 g/mol. The van der Waals surface area contributed by atoms with E-state index in [1.54, 1.807) is 7.11 Å². The lowest BCUT2D eigenvalue weighted by atomic mass is 10.1. The smallest absolute Gasteiger partial charge is 0.130 e. The third-order valence-corrected chi connectivity index (χ3v) is 2.64. The van der Waals surface area contributed by atoms with Gasteiger partial charge in [0, 0.05) is 11.1 Å². The number of aryl methyl sites for hydroxylation is 1.